The molecule has 1 atom stereocenters. The summed E-state index contributed by atoms with van der Waals surface area (Å²) in [6.07, 6.45) is 0. The fourth-order valence-corrected chi connectivity index (χ4v) is 2.91. The predicted molar refractivity (Wildman–Crippen MR) is 75.1 cm³/mol. The van der Waals surface area contributed by atoms with Crippen molar-refractivity contribution in [3.8, 4) is 5.75 Å². The molecule has 0 saturated heterocycles. The zero-order valence-corrected chi connectivity index (χ0v) is 12.3. The third-order valence-corrected chi connectivity index (χ3v) is 4.04. The van der Waals surface area contributed by atoms with Crippen LogP contribution in [0.4, 0.5) is 8.78 Å². The molecule has 100 valence electrons. The number of halogens is 4. The Bertz CT molecular complexity index is 584. The number of hydrogen-bond donors (Lipinski definition) is 0. The van der Waals surface area contributed by atoms with Crippen LogP contribution in [0.3, 0.4) is 0 Å². The van der Waals surface area contributed by atoms with Crippen molar-refractivity contribution in [2.45, 2.75) is 4.83 Å². The summed E-state index contributed by atoms with van der Waals surface area (Å²) in [5, 5.41) is 0.290. The van der Waals surface area contributed by atoms with Crippen LogP contribution in [-0.2, 0) is 0 Å². The fraction of sp³-hybridized carbons (Fsp3) is 0.143. The molecule has 0 bridgehead atoms. The van der Waals surface area contributed by atoms with Crippen LogP contribution < -0.4 is 4.74 Å². The minimum Gasteiger partial charge on any atom is -0.494 e. The van der Waals surface area contributed by atoms with E-state index in [0.717, 1.165) is 0 Å². The molecule has 0 saturated carbocycles. The summed E-state index contributed by atoms with van der Waals surface area (Å²) in [5.74, 6) is -0.800. The molecular weight excluding hydrogens is 338 g/mol. The molecule has 0 N–H and O–H groups in total. The minimum absolute atomic E-state index is 0.142. The topological polar surface area (TPSA) is 9.23 Å². The van der Waals surface area contributed by atoms with E-state index in [1.165, 1.54) is 31.4 Å². The lowest BCUT2D eigenvalue weighted by Crippen LogP contribution is -1.99. The van der Waals surface area contributed by atoms with Gasteiger partial charge >= 0.3 is 0 Å². The molecule has 5 heteroatoms. The van der Waals surface area contributed by atoms with Crippen LogP contribution in [-0.4, -0.2) is 7.11 Å². The average molecular weight is 348 g/mol. The van der Waals surface area contributed by atoms with Crippen molar-refractivity contribution < 1.29 is 13.5 Å². The minimum atomic E-state index is -0.526. The Kier molecular flexibility index (Phi) is 4.42. The second-order valence-corrected chi connectivity index (χ2v) is 5.21. The molecule has 2 aromatic rings. The quantitative estimate of drug-likeness (QED) is 0.701. The van der Waals surface area contributed by atoms with Gasteiger partial charge in [0, 0.05) is 10.6 Å². The number of ether oxygens (including phenoxy) is 1. The highest BCUT2D eigenvalue weighted by Gasteiger charge is 2.19. The molecule has 0 radical (unpaired) electrons. The first-order valence-corrected chi connectivity index (χ1v) is 6.75. The standard InChI is InChI=1S/C14H10BrClF2O/c1-19-12-6-5-8(7-11(12)18)14(15)13-9(16)3-2-4-10(13)17/h2-7,14H,1H3. The maximum atomic E-state index is 13.8. The molecule has 1 unspecified atom stereocenters. The van der Waals surface area contributed by atoms with Gasteiger partial charge in [0.05, 0.1) is 11.9 Å². The van der Waals surface area contributed by atoms with Crippen molar-refractivity contribution in [3.63, 3.8) is 0 Å². The monoisotopic (exact) mass is 346 g/mol. The van der Waals surface area contributed by atoms with E-state index in [2.05, 4.69) is 15.9 Å². The lowest BCUT2D eigenvalue weighted by Gasteiger charge is -2.14. The highest BCUT2D eigenvalue weighted by Crippen LogP contribution is 2.37. The summed E-state index contributed by atoms with van der Waals surface area (Å²) in [4.78, 5) is -0.526. The predicted octanol–water partition coefficient (Wildman–Crippen LogP) is 5.11. The van der Waals surface area contributed by atoms with E-state index in [4.69, 9.17) is 16.3 Å². The Labute approximate surface area is 123 Å². The third-order valence-electron chi connectivity index (χ3n) is 2.72. The number of methoxy groups -OCH3 is 1. The highest BCUT2D eigenvalue weighted by atomic mass is 79.9. The maximum absolute atomic E-state index is 13.8. The van der Waals surface area contributed by atoms with Gasteiger partial charge < -0.3 is 4.74 Å². The largest absolute Gasteiger partial charge is 0.494 e. The van der Waals surface area contributed by atoms with E-state index >= 15 is 0 Å². The summed E-state index contributed by atoms with van der Waals surface area (Å²) < 4.78 is 32.3. The normalized spacial score (nSPS) is 12.3. The van der Waals surface area contributed by atoms with Gasteiger partial charge in [-0.05, 0) is 29.8 Å². The Hall–Kier alpha value is -1.13. The lowest BCUT2D eigenvalue weighted by molar-refractivity contribution is 0.386. The van der Waals surface area contributed by atoms with Crippen molar-refractivity contribution in [1.82, 2.24) is 0 Å². The van der Waals surface area contributed by atoms with Crippen LogP contribution in [0, 0.1) is 11.6 Å². The number of rotatable bonds is 3. The zero-order valence-electron chi connectivity index (χ0n) is 9.96. The van der Waals surface area contributed by atoms with Gasteiger partial charge in [-0.3, -0.25) is 0 Å². The molecule has 2 rings (SSSR count). The van der Waals surface area contributed by atoms with Gasteiger partial charge in [0.1, 0.15) is 5.82 Å². The SMILES string of the molecule is COc1ccc(C(Br)c2c(F)cccc2Cl)cc1F. The molecule has 0 aromatic heterocycles. The second-order valence-electron chi connectivity index (χ2n) is 3.89. The molecule has 0 heterocycles. The molecule has 19 heavy (non-hydrogen) atoms. The Balaban J connectivity index is 2.44. The first kappa shape index (κ1) is 14.3. The lowest BCUT2D eigenvalue weighted by atomic mass is 10.0. The number of alkyl halides is 1. The van der Waals surface area contributed by atoms with Crippen molar-refractivity contribution in [2.75, 3.05) is 7.11 Å². The Morgan fingerprint density at radius 3 is 2.47 bits per heavy atom. The fourth-order valence-electron chi connectivity index (χ4n) is 1.76. The summed E-state index contributed by atoms with van der Waals surface area (Å²) in [6.45, 7) is 0. The molecule has 2 aromatic carbocycles. The van der Waals surface area contributed by atoms with Gasteiger partial charge in [0.2, 0.25) is 0 Å². The van der Waals surface area contributed by atoms with E-state index < -0.39 is 16.5 Å². The number of hydrogen-bond acceptors (Lipinski definition) is 1. The van der Waals surface area contributed by atoms with E-state index in [1.807, 2.05) is 0 Å². The second kappa shape index (κ2) is 5.88. The average Bonchev–Trinajstić information content (AvgIpc) is 2.38. The summed E-state index contributed by atoms with van der Waals surface area (Å²) in [6, 6.07) is 8.87. The van der Waals surface area contributed by atoms with Gasteiger partial charge in [-0.2, -0.15) is 0 Å². The smallest absolute Gasteiger partial charge is 0.165 e. The molecule has 0 aliphatic carbocycles. The molecule has 0 aliphatic heterocycles. The zero-order chi connectivity index (χ0) is 14.0. The van der Waals surface area contributed by atoms with Crippen LogP contribution in [0.25, 0.3) is 0 Å². The summed E-state index contributed by atoms with van der Waals surface area (Å²) >= 11 is 9.33. The van der Waals surface area contributed by atoms with E-state index in [9.17, 15) is 8.78 Å². The van der Waals surface area contributed by atoms with Crippen LogP contribution in [0.5, 0.6) is 5.75 Å². The highest BCUT2D eigenvalue weighted by molar-refractivity contribution is 9.09. The van der Waals surface area contributed by atoms with Crippen LogP contribution in [0.1, 0.15) is 16.0 Å². The van der Waals surface area contributed by atoms with Gasteiger partial charge in [0.25, 0.3) is 0 Å². The van der Waals surface area contributed by atoms with Gasteiger partial charge in [-0.15, -0.1) is 0 Å². The molecule has 0 amide bonds. The van der Waals surface area contributed by atoms with Crippen molar-refractivity contribution in [2.24, 2.45) is 0 Å². The van der Waals surface area contributed by atoms with E-state index in [0.29, 0.717) is 5.56 Å². The molecular formula is C14H10BrClF2O. The van der Waals surface area contributed by atoms with Crippen molar-refractivity contribution in [1.29, 1.82) is 0 Å². The Morgan fingerprint density at radius 1 is 1.16 bits per heavy atom. The van der Waals surface area contributed by atoms with Gasteiger partial charge in [-0.1, -0.05) is 39.7 Å². The van der Waals surface area contributed by atoms with E-state index in [-0.39, 0.29) is 16.3 Å². The van der Waals surface area contributed by atoms with Crippen LogP contribution >= 0.6 is 27.5 Å². The third kappa shape index (κ3) is 2.90. The first-order chi connectivity index (χ1) is 9.04. The van der Waals surface area contributed by atoms with Gasteiger partial charge in [0.15, 0.2) is 11.6 Å². The summed E-state index contributed by atoms with van der Waals surface area (Å²) in [7, 11) is 1.39. The molecule has 1 nitrogen and oxygen atoms in total. The van der Waals surface area contributed by atoms with Crippen molar-refractivity contribution >= 4 is 27.5 Å². The molecule has 0 aliphatic rings. The molecule has 0 spiro atoms. The molecule has 0 fully saturated rings. The summed E-state index contributed by atoms with van der Waals surface area (Å²) in [5.41, 5.74) is 0.846. The maximum Gasteiger partial charge on any atom is 0.165 e. The van der Waals surface area contributed by atoms with Crippen molar-refractivity contribution in [3.05, 3.63) is 64.2 Å². The number of benzene rings is 2. The van der Waals surface area contributed by atoms with Gasteiger partial charge in [-0.25, -0.2) is 8.78 Å². The Morgan fingerprint density at radius 2 is 1.89 bits per heavy atom. The van der Waals surface area contributed by atoms with Crippen LogP contribution in [0.15, 0.2) is 36.4 Å². The van der Waals surface area contributed by atoms with E-state index in [1.54, 1.807) is 12.1 Å². The van der Waals surface area contributed by atoms with Crippen LogP contribution in [0.2, 0.25) is 5.02 Å². The first-order valence-electron chi connectivity index (χ1n) is 5.46.